The molecule has 0 amide bonds. The van der Waals surface area contributed by atoms with E-state index in [-0.39, 0.29) is 6.04 Å². The van der Waals surface area contributed by atoms with Crippen LogP contribution in [-0.2, 0) is 0 Å². The molecule has 0 aliphatic carbocycles. The highest BCUT2D eigenvalue weighted by molar-refractivity contribution is 5.39. The van der Waals surface area contributed by atoms with Crippen LogP contribution in [0.2, 0.25) is 0 Å². The molecule has 3 unspecified atom stereocenters. The Morgan fingerprint density at radius 2 is 2.31 bits per heavy atom. The predicted molar refractivity (Wildman–Crippen MR) is 60.1 cm³/mol. The molecule has 5 heteroatoms. The SMILES string of the molecule is CCC1C(O)C(O)CCN1c1cccnn1. The van der Waals surface area contributed by atoms with Gasteiger partial charge in [0.05, 0.1) is 12.1 Å². The van der Waals surface area contributed by atoms with Crippen LogP contribution in [-0.4, -0.2) is 45.2 Å². The van der Waals surface area contributed by atoms with Crippen LogP contribution in [0.5, 0.6) is 0 Å². The molecule has 0 aromatic carbocycles. The van der Waals surface area contributed by atoms with Crippen molar-refractivity contribution < 1.29 is 10.2 Å². The molecule has 0 bridgehead atoms. The Balaban J connectivity index is 2.21. The smallest absolute Gasteiger partial charge is 0.151 e. The molecule has 0 saturated carbocycles. The summed E-state index contributed by atoms with van der Waals surface area (Å²) in [6.45, 7) is 2.70. The summed E-state index contributed by atoms with van der Waals surface area (Å²) in [4.78, 5) is 2.02. The first-order valence-electron chi connectivity index (χ1n) is 5.64. The molecule has 1 aliphatic rings. The van der Waals surface area contributed by atoms with Gasteiger partial charge in [-0.25, -0.2) is 0 Å². The molecule has 88 valence electrons. The fourth-order valence-corrected chi connectivity index (χ4v) is 2.24. The maximum Gasteiger partial charge on any atom is 0.151 e. The quantitative estimate of drug-likeness (QED) is 0.749. The third-order valence-corrected chi connectivity index (χ3v) is 3.13. The highest BCUT2D eigenvalue weighted by atomic mass is 16.3. The number of aromatic nitrogens is 2. The molecule has 1 aromatic rings. The van der Waals surface area contributed by atoms with Crippen LogP contribution in [0.25, 0.3) is 0 Å². The summed E-state index contributed by atoms with van der Waals surface area (Å²) in [5, 5.41) is 27.4. The number of hydrogen-bond acceptors (Lipinski definition) is 5. The molecule has 1 aromatic heterocycles. The zero-order chi connectivity index (χ0) is 11.5. The predicted octanol–water partition coefficient (Wildman–Crippen LogP) is 0.187. The van der Waals surface area contributed by atoms with Gasteiger partial charge in [0.2, 0.25) is 0 Å². The molecule has 2 rings (SSSR count). The fourth-order valence-electron chi connectivity index (χ4n) is 2.24. The molecular weight excluding hydrogens is 206 g/mol. The number of rotatable bonds is 2. The van der Waals surface area contributed by atoms with Gasteiger partial charge in [-0.15, -0.1) is 5.10 Å². The number of anilines is 1. The molecule has 5 nitrogen and oxygen atoms in total. The molecular formula is C11H17N3O2. The minimum absolute atomic E-state index is 0.0829. The molecule has 1 fully saturated rings. The summed E-state index contributed by atoms with van der Waals surface area (Å²) in [6.07, 6.45) is 1.63. The van der Waals surface area contributed by atoms with Crippen LogP contribution in [0, 0.1) is 0 Å². The van der Waals surface area contributed by atoms with Crippen molar-refractivity contribution in [3.8, 4) is 0 Å². The van der Waals surface area contributed by atoms with Gasteiger partial charge in [-0.2, -0.15) is 5.10 Å². The van der Waals surface area contributed by atoms with E-state index >= 15 is 0 Å². The van der Waals surface area contributed by atoms with Gasteiger partial charge in [-0.3, -0.25) is 0 Å². The molecule has 2 heterocycles. The highest BCUT2D eigenvalue weighted by Crippen LogP contribution is 2.24. The monoisotopic (exact) mass is 223 g/mol. The van der Waals surface area contributed by atoms with Crippen molar-refractivity contribution in [2.45, 2.75) is 38.0 Å². The van der Waals surface area contributed by atoms with E-state index in [0.29, 0.717) is 13.0 Å². The lowest BCUT2D eigenvalue weighted by molar-refractivity contribution is -0.0168. The molecule has 2 N–H and O–H groups in total. The second-order valence-electron chi connectivity index (χ2n) is 4.10. The molecule has 1 aliphatic heterocycles. The zero-order valence-electron chi connectivity index (χ0n) is 9.32. The Morgan fingerprint density at radius 1 is 1.50 bits per heavy atom. The van der Waals surface area contributed by atoms with Crippen molar-refractivity contribution in [2.24, 2.45) is 0 Å². The second kappa shape index (κ2) is 4.76. The Bertz CT molecular complexity index is 333. The van der Waals surface area contributed by atoms with E-state index in [9.17, 15) is 10.2 Å². The highest BCUT2D eigenvalue weighted by Gasteiger charge is 2.35. The number of aliphatic hydroxyl groups excluding tert-OH is 2. The van der Waals surface area contributed by atoms with E-state index < -0.39 is 12.2 Å². The van der Waals surface area contributed by atoms with E-state index in [1.165, 1.54) is 0 Å². The standard InChI is InChI=1S/C11H17N3O2/c1-2-8-11(16)9(15)5-7-14(8)10-4-3-6-12-13-10/h3-4,6,8-9,11,15-16H,2,5,7H2,1H3. The second-order valence-corrected chi connectivity index (χ2v) is 4.10. The van der Waals surface area contributed by atoms with Gasteiger partial charge in [0.1, 0.15) is 6.10 Å². The summed E-state index contributed by atoms with van der Waals surface area (Å²) >= 11 is 0. The lowest BCUT2D eigenvalue weighted by atomic mass is 9.94. The summed E-state index contributed by atoms with van der Waals surface area (Å²) in [5.74, 6) is 0.764. The van der Waals surface area contributed by atoms with Gasteiger partial charge < -0.3 is 15.1 Å². The van der Waals surface area contributed by atoms with Crippen LogP contribution in [0.3, 0.4) is 0 Å². The van der Waals surface area contributed by atoms with E-state index in [0.717, 1.165) is 12.2 Å². The van der Waals surface area contributed by atoms with Crippen molar-refractivity contribution >= 4 is 5.82 Å². The van der Waals surface area contributed by atoms with Crippen molar-refractivity contribution in [2.75, 3.05) is 11.4 Å². The average Bonchev–Trinajstić information content (AvgIpc) is 2.33. The Hall–Kier alpha value is -1.20. The van der Waals surface area contributed by atoms with Gasteiger partial charge in [0.15, 0.2) is 5.82 Å². The van der Waals surface area contributed by atoms with Crippen LogP contribution in [0.15, 0.2) is 18.3 Å². The van der Waals surface area contributed by atoms with Crippen molar-refractivity contribution in [3.63, 3.8) is 0 Å². The maximum absolute atomic E-state index is 9.93. The number of nitrogens with zero attached hydrogens (tertiary/aromatic N) is 3. The molecule has 3 atom stereocenters. The Labute approximate surface area is 94.7 Å². The third kappa shape index (κ3) is 2.01. The largest absolute Gasteiger partial charge is 0.390 e. The lowest BCUT2D eigenvalue weighted by Crippen LogP contribution is -2.54. The minimum atomic E-state index is -0.708. The fraction of sp³-hybridized carbons (Fsp3) is 0.636. The summed E-state index contributed by atoms with van der Waals surface area (Å²) in [7, 11) is 0. The summed E-state index contributed by atoms with van der Waals surface area (Å²) in [5.41, 5.74) is 0. The first-order chi connectivity index (χ1) is 7.74. The van der Waals surface area contributed by atoms with Crippen LogP contribution in [0.4, 0.5) is 5.82 Å². The van der Waals surface area contributed by atoms with Crippen LogP contribution < -0.4 is 4.90 Å². The van der Waals surface area contributed by atoms with E-state index in [1.807, 2.05) is 24.0 Å². The number of hydrogen-bond donors (Lipinski definition) is 2. The average molecular weight is 223 g/mol. The van der Waals surface area contributed by atoms with E-state index in [1.54, 1.807) is 6.20 Å². The Kier molecular flexibility index (Phi) is 3.36. The van der Waals surface area contributed by atoms with E-state index in [2.05, 4.69) is 10.2 Å². The van der Waals surface area contributed by atoms with Gasteiger partial charge in [-0.1, -0.05) is 6.92 Å². The van der Waals surface area contributed by atoms with Crippen molar-refractivity contribution in [1.82, 2.24) is 10.2 Å². The van der Waals surface area contributed by atoms with Gasteiger partial charge in [-0.05, 0) is 25.0 Å². The van der Waals surface area contributed by atoms with Gasteiger partial charge >= 0.3 is 0 Å². The summed E-state index contributed by atoms with van der Waals surface area (Å²) < 4.78 is 0. The molecule has 0 spiro atoms. The van der Waals surface area contributed by atoms with Crippen LogP contribution in [0.1, 0.15) is 19.8 Å². The normalized spacial score (nSPS) is 30.4. The minimum Gasteiger partial charge on any atom is -0.390 e. The number of aliphatic hydroxyl groups is 2. The molecule has 1 saturated heterocycles. The third-order valence-electron chi connectivity index (χ3n) is 3.13. The van der Waals surface area contributed by atoms with Crippen molar-refractivity contribution in [1.29, 1.82) is 0 Å². The first-order valence-corrected chi connectivity index (χ1v) is 5.64. The number of piperidine rings is 1. The first kappa shape index (κ1) is 11.3. The van der Waals surface area contributed by atoms with Gasteiger partial charge in [0.25, 0.3) is 0 Å². The van der Waals surface area contributed by atoms with Crippen LogP contribution >= 0.6 is 0 Å². The summed E-state index contributed by atoms with van der Waals surface area (Å²) in [6, 6.07) is 3.62. The topological polar surface area (TPSA) is 69.5 Å². The lowest BCUT2D eigenvalue weighted by Gasteiger charge is -2.41. The van der Waals surface area contributed by atoms with E-state index in [4.69, 9.17) is 0 Å². The Morgan fingerprint density at radius 3 is 2.94 bits per heavy atom. The van der Waals surface area contributed by atoms with Gasteiger partial charge in [0, 0.05) is 12.7 Å². The van der Waals surface area contributed by atoms with Crippen molar-refractivity contribution in [3.05, 3.63) is 18.3 Å². The maximum atomic E-state index is 9.93. The molecule has 0 radical (unpaired) electrons. The zero-order valence-corrected chi connectivity index (χ0v) is 9.32. The molecule has 16 heavy (non-hydrogen) atoms.